The fraction of sp³-hybridized carbons (Fsp3) is 0.733. The fourth-order valence-corrected chi connectivity index (χ4v) is 3.09. The molecule has 0 aliphatic heterocycles. The molecular weight excluding hydrogens is 272 g/mol. The lowest BCUT2D eigenvalue weighted by Crippen LogP contribution is -2.15. The molecular formula is C15H25ClN4. The normalized spacial score (nSPS) is 14.9. The minimum absolute atomic E-state index is 0.419. The Balaban J connectivity index is 2.49. The van der Waals surface area contributed by atoms with E-state index in [4.69, 9.17) is 16.6 Å². The maximum Gasteiger partial charge on any atom is 0.158 e. The Bertz CT molecular complexity index is 584. The van der Waals surface area contributed by atoms with E-state index in [1.165, 1.54) is 6.42 Å². The number of aryl methyl sites for hydroxylation is 3. The zero-order chi connectivity index (χ0) is 14.9. The number of imidazole rings is 1. The summed E-state index contributed by atoms with van der Waals surface area (Å²) in [6.07, 6.45) is 3.17. The summed E-state index contributed by atoms with van der Waals surface area (Å²) in [6, 6.07) is 0.419. The Morgan fingerprint density at radius 2 is 2.00 bits per heavy atom. The lowest BCUT2D eigenvalue weighted by atomic mass is 10.00. The molecule has 0 saturated heterocycles. The van der Waals surface area contributed by atoms with Crippen LogP contribution in [0.3, 0.4) is 0 Å². The Morgan fingerprint density at radius 3 is 2.60 bits per heavy atom. The standard InChI is InChI=1S/C15H25ClN4/c1-6-10(2)9-11(3)20-13(7-8-16)17-14-12(4)18-19(5)15(14)20/h10-11H,6-9H2,1-5H3. The highest BCUT2D eigenvalue weighted by Gasteiger charge is 2.21. The second-order valence-corrected chi connectivity index (χ2v) is 6.19. The van der Waals surface area contributed by atoms with Crippen LogP contribution in [0.15, 0.2) is 0 Å². The van der Waals surface area contributed by atoms with Crippen LogP contribution >= 0.6 is 11.6 Å². The maximum absolute atomic E-state index is 5.94. The second-order valence-electron chi connectivity index (χ2n) is 5.82. The van der Waals surface area contributed by atoms with E-state index >= 15 is 0 Å². The Hall–Kier alpha value is -1.03. The summed E-state index contributed by atoms with van der Waals surface area (Å²) in [5.74, 6) is 2.40. The van der Waals surface area contributed by atoms with Crippen LogP contribution in [0.2, 0.25) is 0 Å². The van der Waals surface area contributed by atoms with Gasteiger partial charge >= 0.3 is 0 Å². The molecule has 0 saturated carbocycles. The average Bonchev–Trinajstić information content (AvgIpc) is 2.89. The lowest BCUT2D eigenvalue weighted by molar-refractivity contribution is 0.394. The molecule has 20 heavy (non-hydrogen) atoms. The molecule has 0 bridgehead atoms. The first-order valence-corrected chi connectivity index (χ1v) is 7.99. The third-order valence-corrected chi connectivity index (χ3v) is 4.30. The van der Waals surface area contributed by atoms with Crippen molar-refractivity contribution < 1.29 is 0 Å². The fourth-order valence-electron chi connectivity index (χ4n) is 2.92. The quantitative estimate of drug-likeness (QED) is 0.759. The topological polar surface area (TPSA) is 35.6 Å². The van der Waals surface area contributed by atoms with E-state index in [1.54, 1.807) is 0 Å². The Morgan fingerprint density at radius 1 is 1.30 bits per heavy atom. The number of halogens is 1. The first kappa shape index (κ1) is 15.4. The molecule has 0 aliphatic carbocycles. The molecule has 2 aromatic rings. The molecule has 0 N–H and O–H groups in total. The van der Waals surface area contributed by atoms with Gasteiger partial charge in [0, 0.05) is 25.4 Å². The van der Waals surface area contributed by atoms with Crippen molar-refractivity contribution in [3.8, 4) is 0 Å². The minimum Gasteiger partial charge on any atom is -0.310 e. The number of rotatable bonds is 6. The summed E-state index contributed by atoms with van der Waals surface area (Å²) in [5.41, 5.74) is 3.13. The van der Waals surface area contributed by atoms with Crippen molar-refractivity contribution in [2.45, 2.75) is 53.0 Å². The van der Waals surface area contributed by atoms with Gasteiger partial charge in [-0.1, -0.05) is 20.3 Å². The van der Waals surface area contributed by atoms with E-state index in [-0.39, 0.29) is 0 Å². The van der Waals surface area contributed by atoms with E-state index in [1.807, 2.05) is 18.7 Å². The molecule has 0 amide bonds. The zero-order valence-corrected chi connectivity index (χ0v) is 13.9. The van der Waals surface area contributed by atoms with Crippen LogP contribution in [-0.2, 0) is 13.5 Å². The monoisotopic (exact) mass is 296 g/mol. The molecule has 2 unspecified atom stereocenters. The van der Waals surface area contributed by atoms with Crippen molar-refractivity contribution in [2.24, 2.45) is 13.0 Å². The summed E-state index contributed by atoms with van der Waals surface area (Å²) in [5, 5.41) is 4.49. The van der Waals surface area contributed by atoms with Crippen LogP contribution in [0.25, 0.3) is 11.2 Å². The SMILES string of the molecule is CCC(C)CC(C)n1c(CCCl)nc2c(C)nn(C)c21. The van der Waals surface area contributed by atoms with Crippen molar-refractivity contribution in [1.82, 2.24) is 19.3 Å². The molecule has 0 aliphatic rings. The Kier molecular flexibility index (Phi) is 4.74. The van der Waals surface area contributed by atoms with Crippen LogP contribution < -0.4 is 0 Å². The molecule has 2 aromatic heterocycles. The van der Waals surface area contributed by atoms with Gasteiger partial charge in [-0.15, -0.1) is 11.6 Å². The molecule has 112 valence electrons. The van der Waals surface area contributed by atoms with E-state index in [0.717, 1.165) is 35.5 Å². The van der Waals surface area contributed by atoms with Crippen molar-refractivity contribution >= 4 is 22.8 Å². The number of nitrogens with zero attached hydrogens (tertiary/aromatic N) is 4. The first-order valence-electron chi connectivity index (χ1n) is 7.45. The highest BCUT2D eigenvalue weighted by Crippen LogP contribution is 2.28. The molecule has 0 fully saturated rings. The average molecular weight is 297 g/mol. The molecule has 2 rings (SSSR count). The second kappa shape index (κ2) is 6.17. The molecule has 0 radical (unpaired) electrons. The number of hydrogen-bond acceptors (Lipinski definition) is 2. The molecule has 4 nitrogen and oxygen atoms in total. The number of hydrogen-bond donors (Lipinski definition) is 0. The van der Waals surface area contributed by atoms with E-state index in [9.17, 15) is 0 Å². The molecule has 2 heterocycles. The van der Waals surface area contributed by atoms with Gasteiger partial charge in [0.15, 0.2) is 5.65 Å². The minimum atomic E-state index is 0.419. The van der Waals surface area contributed by atoms with Crippen molar-refractivity contribution in [3.05, 3.63) is 11.5 Å². The van der Waals surface area contributed by atoms with Crippen LogP contribution in [0.1, 0.15) is 51.2 Å². The van der Waals surface area contributed by atoms with Gasteiger partial charge in [0.05, 0.1) is 5.69 Å². The van der Waals surface area contributed by atoms with Gasteiger partial charge < -0.3 is 4.57 Å². The van der Waals surface area contributed by atoms with Crippen molar-refractivity contribution in [3.63, 3.8) is 0 Å². The number of aromatic nitrogens is 4. The zero-order valence-electron chi connectivity index (χ0n) is 13.1. The lowest BCUT2D eigenvalue weighted by Gasteiger charge is -2.20. The van der Waals surface area contributed by atoms with Gasteiger partial charge in [0.25, 0.3) is 0 Å². The highest BCUT2D eigenvalue weighted by molar-refractivity contribution is 6.17. The van der Waals surface area contributed by atoms with Gasteiger partial charge in [-0.05, 0) is 26.2 Å². The van der Waals surface area contributed by atoms with E-state index < -0.39 is 0 Å². The molecule has 2 atom stereocenters. The predicted octanol–water partition coefficient (Wildman–Crippen LogP) is 3.86. The van der Waals surface area contributed by atoms with Crippen LogP contribution in [0.4, 0.5) is 0 Å². The van der Waals surface area contributed by atoms with Gasteiger partial charge in [-0.2, -0.15) is 5.10 Å². The molecule has 0 spiro atoms. The third kappa shape index (κ3) is 2.71. The predicted molar refractivity (Wildman–Crippen MR) is 84.4 cm³/mol. The number of alkyl halides is 1. The van der Waals surface area contributed by atoms with Gasteiger partial charge in [-0.3, -0.25) is 4.68 Å². The largest absolute Gasteiger partial charge is 0.310 e. The highest BCUT2D eigenvalue weighted by atomic mass is 35.5. The molecule has 0 aromatic carbocycles. The summed E-state index contributed by atoms with van der Waals surface area (Å²) in [7, 11) is 1.99. The van der Waals surface area contributed by atoms with Crippen molar-refractivity contribution in [2.75, 3.05) is 5.88 Å². The summed E-state index contributed by atoms with van der Waals surface area (Å²) in [4.78, 5) is 4.77. The van der Waals surface area contributed by atoms with Gasteiger partial charge in [0.2, 0.25) is 0 Å². The third-order valence-electron chi connectivity index (χ3n) is 4.11. The molecule has 5 heteroatoms. The Labute approximate surface area is 126 Å². The van der Waals surface area contributed by atoms with Crippen LogP contribution in [0, 0.1) is 12.8 Å². The summed E-state index contributed by atoms with van der Waals surface area (Å²) >= 11 is 5.94. The van der Waals surface area contributed by atoms with E-state index in [0.29, 0.717) is 17.8 Å². The first-order chi connectivity index (χ1) is 9.49. The number of fused-ring (bicyclic) bond motifs is 1. The van der Waals surface area contributed by atoms with Gasteiger partial charge in [-0.25, -0.2) is 4.98 Å². The van der Waals surface area contributed by atoms with Crippen LogP contribution in [0.5, 0.6) is 0 Å². The van der Waals surface area contributed by atoms with E-state index in [2.05, 4.69) is 30.4 Å². The van der Waals surface area contributed by atoms with Gasteiger partial charge in [0.1, 0.15) is 11.3 Å². The maximum atomic E-state index is 5.94. The van der Waals surface area contributed by atoms with Crippen LogP contribution in [-0.4, -0.2) is 25.2 Å². The summed E-state index contributed by atoms with van der Waals surface area (Å²) < 4.78 is 4.28. The summed E-state index contributed by atoms with van der Waals surface area (Å²) in [6.45, 7) is 8.84. The smallest absolute Gasteiger partial charge is 0.158 e. The van der Waals surface area contributed by atoms with Crippen molar-refractivity contribution in [1.29, 1.82) is 0 Å².